The van der Waals surface area contributed by atoms with Gasteiger partial charge < -0.3 is 5.73 Å². The van der Waals surface area contributed by atoms with Crippen LogP contribution in [0.15, 0.2) is 29.6 Å². The Morgan fingerprint density at radius 3 is 3.05 bits per heavy atom. The molecule has 1 atom stereocenters. The number of benzene rings is 1. The molecule has 1 aromatic heterocycles. The monoisotopic (exact) mass is 290 g/mol. The van der Waals surface area contributed by atoms with Crippen molar-refractivity contribution < 1.29 is 4.39 Å². The zero-order valence-electron chi connectivity index (χ0n) is 11.6. The molecule has 3 rings (SSSR count). The molecule has 2 heterocycles. The van der Waals surface area contributed by atoms with Crippen LogP contribution in [0.5, 0.6) is 0 Å². The highest BCUT2D eigenvalue weighted by molar-refractivity contribution is 7.10. The van der Waals surface area contributed by atoms with Crippen LogP contribution in [0.3, 0.4) is 0 Å². The third-order valence-electron chi connectivity index (χ3n) is 4.12. The molecule has 0 saturated carbocycles. The van der Waals surface area contributed by atoms with Gasteiger partial charge in [-0.2, -0.15) is 0 Å². The first kappa shape index (κ1) is 13.7. The van der Waals surface area contributed by atoms with E-state index in [9.17, 15) is 4.39 Å². The number of halogens is 1. The van der Waals surface area contributed by atoms with Gasteiger partial charge in [-0.05, 0) is 42.0 Å². The van der Waals surface area contributed by atoms with Crippen molar-refractivity contribution in [3.05, 3.63) is 57.0 Å². The summed E-state index contributed by atoms with van der Waals surface area (Å²) in [5.41, 5.74) is 8.78. The molecule has 2 aromatic rings. The molecule has 1 unspecified atom stereocenters. The van der Waals surface area contributed by atoms with Crippen LogP contribution in [0, 0.1) is 5.82 Å². The Bertz CT molecular complexity index is 608. The smallest absolute Gasteiger partial charge is 0.127 e. The highest BCUT2D eigenvalue weighted by Crippen LogP contribution is 2.33. The second-order valence-corrected chi connectivity index (χ2v) is 6.33. The normalized spacial score (nSPS) is 19.1. The molecule has 0 bridgehead atoms. The van der Waals surface area contributed by atoms with Gasteiger partial charge >= 0.3 is 0 Å². The highest BCUT2D eigenvalue weighted by Gasteiger charge is 2.25. The predicted octanol–water partition coefficient (Wildman–Crippen LogP) is 3.47. The highest BCUT2D eigenvalue weighted by atomic mass is 32.1. The average Bonchev–Trinajstić information content (AvgIpc) is 2.93. The number of nitrogens with zero attached hydrogens (tertiary/aromatic N) is 1. The summed E-state index contributed by atoms with van der Waals surface area (Å²) in [6.07, 6.45) is 1.07. The third kappa shape index (κ3) is 2.51. The largest absolute Gasteiger partial charge is 0.326 e. The van der Waals surface area contributed by atoms with Crippen LogP contribution in [0.2, 0.25) is 0 Å². The summed E-state index contributed by atoms with van der Waals surface area (Å²) in [6, 6.07) is 7.73. The lowest BCUT2D eigenvalue weighted by molar-refractivity contribution is 0.189. The van der Waals surface area contributed by atoms with E-state index >= 15 is 0 Å². The summed E-state index contributed by atoms with van der Waals surface area (Å²) in [4.78, 5) is 3.82. The van der Waals surface area contributed by atoms with Gasteiger partial charge in [0, 0.05) is 36.1 Å². The van der Waals surface area contributed by atoms with E-state index in [2.05, 4.69) is 23.3 Å². The van der Waals surface area contributed by atoms with Crippen molar-refractivity contribution in [1.82, 2.24) is 4.90 Å². The lowest BCUT2D eigenvalue weighted by Crippen LogP contribution is -2.33. The van der Waals surface area contributed by atoms with Crippen molar-refractivity contribution in [2.24, 2.45) is 5.73 Å². The molecule has 2 N–H and O–H groups in total. The fourth-order valence-electron chi connectivity index (χ4n) is 2.87. The zero-order valence-corrected chi connectivity index (χ0v) is 12.4. The Labute approximate surface area is 123 Å². The van der Waals surface area contributed by atoms with E-state index in [0.717, 1.165) is 24.1 Å². The maximum atomic E-state index is 14.0. The van der Waals surface area contributed by atoms with Gasteiger partial charge in [0.1, 0.15) is 5.82 Å². The summed E-state index contributed by atoms with van der Waals surface area (Å²) >= 11 is 1.83. The van der Waals surface area contributed by atoms with Crippen LogP contribution in [0.1, 0.15) is 34.5 Å². The fraction of sp³-hybridized carbons (Fsp3) is 0.375. The van der Waals surface area contributed by atoms with Gasteiger partial charge in [-0.15, -0.1) is 11.3 Å². The van der Waals surface area contributed by atoms with E-state index in [1.807, 2.05) is 17.4 Å². The molecule has 106 valence electrons. The summed E-state index contributed by atoms with van der Waals surface area (Å²) in [7, 11) is 0. The summed E-state index contributed by atoms with van der Waals surface area (Å²) in [6.45, 7) is 4.30. The van der Waals surface area contributed by atoms with Crippen LogP contribution in [-0.2, 0) is 19.5 Å². The molecule has 1 aliphatic heterocycles. The minimum atomic E-state index is -0.134. The molecule has 0 fully saturated rings. The van der Waals surface area contributed by atoms with E-state index in [4.69, 9.17) is 5.73 Å². The maximum absolute atomic E-state index is 14.0. The van der Waals surface area contributed by atoms with Crippen LogP contribution >= 0.6 is 11.3 Å². The van der Waals surface area contributed by atoms with Gasteiger partial charge in [-0.3, -0.25) is 4.90 Å². The fourth-order valence-corrected chi connectivity index (χ4v) is 3.84. The van der Waals surface area contributed by atoms with Gasteiger partial charge in [0.25, 0.3) is 0 Å². The molecular formula is C16H19FN2S. The van der Waals surface area contributed by atoms with Crippen LogP contribution < -0.4 is 5.73 Å². The van der Waals surface area contributed by atoms with Gasteiger partial charge in [-0.25, -0.2) is 4.39 Å². The standard InChI is InChI=1S/C16H19FN2S/c1-11-14-5-7-20-16(14)4-6-19(11)10-13-8-12(9-18)2-3-15(13)17/h2-3,5,7-8,11H,4,6,9-10,18H2,1H3. The van der Waals surface area contributed by atoms with E-state index < -0.39 is 0 Å². The van der Waals surface area contributed by atoms with Crippen molar-refractivity contribution in [2.75, 3.05) is 6.54 Å². The molecular weight excluding hydrogens is 271 g/mol. The van der Waals surface area contributed by atoms with Crippen molar-refractivity contribution in [2.45, 2.75) is 32.5 Å². The maximum Gasteiger partial charge on any atom is 0.127 e. The number of hydrogen-bond acceptors (Lipinski definition) is 3. The Balaban J connectivity index is 1.82. The van der Waals surface area contributed by atoms with Crippen molar-refractivity contribution in [3.63, 3.8) is 0 Å². The first-order chi connectivity index (χ1) is 9.69. The van der Waals surface area contributed by atoms with E-state index in [-0.39, 0.29) is 5.82 Å². The van der Waals surface area contributed by atoms with Crippen molar-refractivity contribution in [3.8, 4) is 0 Å². The third-order valence-corrected chi connectivity index (χ3v) is 5.12. The molecule has 0 amide bonds. The van der Waals surface area contributed by atoms with Gasteiger partial charge in [-0.1, -0.05) is 12.1 Å². The van der Waals surface area contributed by atoms with Gasteiger partial charge in [0.15, 0.2) is 0 Å². The zero-order chi connectivity index (χ0) is 14.1. The van der Waals surface area contributed by atoms with E-state index in [1.54, 1.807) is 6.07 Å². The lowest BCUT2D eigenvalue weighted by Gasteiger charge is -2.33. The minimum Gasteiger partial charge on any atom is -0.326 e. The molecule has 0 aliphatic carbocycles. The number of nitrogens with two attached hydrogens (primary N) is 1. The van der Waals surface area contributed by atoms with Crippen molar-refractivity contribution in [1.29, 1.82) is 0 Å². The second kappa shape index (κ2) is 5.64. The topological polar surface area (TPSA) is 29.3 Å². The summed E-state index contributed by atoms with van der Waals surface area (Å²) in [5, 5.41) is 2.15. The number of rotatable bonds is 3. The number of hydrogen-bond donors (Lipinski definition) is 1. The Morgan fingerprint density at radius 2 is 2.25 bits per heavy atom. The van der Waals surface area contributed by atoms with Gasteiger partial charge in [0.05, 0.1) is 0 Å². The van der Waals surface area contributed by atoms with Crippen LogP contribution in [-0.4, -0.2) is 11.4 Å². The molecule has 0 saturated heterocycles. The molecule has 0 spiro atoms. The summed E-state index contributed by atoms with van der Waals surface area (Å²) < 4.78 is 14.0. The Kier molecular flexibility index (Phi) is 3.87. The molecule has 0 radical (unpaired) electrons. The van der Waals surface area contributed by atoms with E-state index in [0.29, 0.717) is 19.1 Å². The van der Waals surface area contributed by atoms with Gasteiger partial charge in [0.2, 0.25) is 0 Å². The molecule has 20 heavy (non-hydrogen) atoms. The van der Waals surface area contributed by atoms with Crippen LogP contribution in [0.4, 0.5) is 4.39 Å². The Morgan fingerprint density at radius 1 is 1.40 bits per heavy atom. The quantitative estimate of drug-likeness (QED) is 0.938. The number of fused-ring (bicyclic) bond motifs is 1. The first-order valence-corrected chi connectivity index (χ1v) is 7.84. The van der Waals surface area contributed by atoms with E-state index in [1.165, 1.54) is 16.5 Å². The number of thiophene rings is 1. The SMILES string of the molecule is CC1c2ccsc2CCN1Cc1cc(CN)ccc1F. The molecule has 2 nitrogen and oxygen atoms in total. The summed E-state index contributed by atoms with van der Waals surface area (Å²) in [5.74, 6) is -0.134. The molecule has 1 aliphatic rings. The lowest BCUT2D eigenvalue weighted by atomic mass is 10.00. The second-order valence-electron chi connectivity index (χ2n) is 5.33. The first-order valence-electron chi connectivity index (χ1n) is 6.96. The van der Waals surface area contributed by atoms with Crippen LogP contribution in [0.25, 0.3) is 0 Å². The molecule has 1 aromatic carbocycles. The Hall–Kier alpha value is -1.23. The molecule has 4 heteroatoms. The average molecular weight is 290 g/mol. The minimum absolute atomic E-state index is 0.134. The van der Waals surface area contributed by atoms with Crippen molar-refractivity contribution >= 4 is 11.3 Å². The predicted molar refractivity (Wildman–Crippen MR) is 81.1 cm³/mol.